The number of hydrogen-bond acceptors (Lipinski definition) is 0. The third kappa shape index (κ3) is 6.80. The number of hydrogen-bond donors (Lipinski definition) is 0. The molecule has 0 unspecified atom stereocenters. The molecule has 0 spiro atoms. The Balaban J connectivity index is 3.39. The standard InChI is InChI=1S/C5H11.2CH3.Sn/c1-5(2,3)4;;;/h1H2,2-4H3;2*1H3;. The summed E-state index contributed by atoms with van der Waals surface area (Å²) in [6.45, 7) is 7.00. The summed E-state index contributed by atoms with van der Waals surface area (Å²) in [5.74, 6) is 0. The zero-order valence-electron chi connectivity index (χ0n) is 6.71. The van der Waals surface area contributed by atoms with Crippen LogP contribution in [-0.4, -0.2) is 19.8 Å². The molecule has 0 saturated heterocycles. The van der Waals surface area contributed by atoms with Crippen LogP contribution in [0.1, 0.15) is 20.8 Å². The van der Waals surface area contributed by atoms with Crippen molar-refractivity contribution in [3.63, 3.8) is 0 Å². The van der Waals surface area contributed by atoms with E-state index in [0.717, 1.165) is 0 Å². The van der Waals surface area contributed by atoms with Crippen molar-refractivity contribution < 1.29 is 0 Å². The molecule has 0 nitrogen and oxygen atoms in total. The van der Waals surface area contributed by atoms with Gasteiger partial charge in [-0.25, -0.2) is 0 Å². The van der Waals surface area contributed by atoms with Crippen LogP contribution in [0.4, 0.5) is 0 Å². The van der Waals surface area contributed by atoms with Crippen molar-refractivity contribution in [2.75, 3.05) is 0 Å². The molecule has 0 N–H and O–H groups in total. The van der Waals surface area contributed by atoms with Gasteiger partial charge in [-0.05, 0) is 0 Å². The van der Waals surface area contributed by atoms with Gasteiger partial charge in [0.2, 0.25) is 0 Å². The quantitative estimate of drug-likeness (QED) is 0.596. The van der Waals surface area contributed by atoms with Crippen molar-refractivity contribution >= 4 is 19.8 Å². The Morgan fingerprint density at radius 2 is 1.50 bits per heavy atom. The zero-order valence-corrected chi connectivity index (χ0v) is 9.56. The van der Waals surface area contributed by atoms with Gasteiger partial charge in [0.25, 0.3) is 0 Å². The summed E-state index contributed by atoms with van der Waals surface area (Å²) < 4.78 is 1.52. The van der Waals surface area contributed by atoms with Gasteiger partial charge in [0, 0.05) is 0 Å². The van der Waals surface area contributed by atoms with Crippen molar-refractivity contribution in [1.29, 1.82) is 0 Å². The van der Waals surface area contributed by atoms with Crippen LogP contribution in [0.2, 0.25) is 14.3 Å². The van der Waals surface area contributed by atoms with Crippen molar-refractivity contribution in [3.8, 4) is 0 Å². The molecule has 1 heteroatoms. The summed E-state index contributed by atoms with van der Waals surface area (Å²) in [6, 6.07) is 0. The van der Waals surface area contributed by atoms with Crippen LogP contribution in [0, 0.1) is 5.41 Å². The zero-order chi connectivity index (χ0) is 6.78. The Hall–Kier alpha value is 0.799. The Morgan fingerprint density at radius 1 is 1.12 bits per heavy atom. The second kappa shape index (κ2) is 3.09. The minimum atomic E-state index is -0.769. The van der Waals surface area contributed by atoms with Gasteiger partial charge in [-0.15, -0.1) is 0 Å². The van der Waals surface area contributed by atoms with Gasteiger partial charge in [0.1, 0.15) is 0 Å². The third-order valence-electron chi connectivity index (χ3n) is 0.884. The predicted molar refractivity (Wildman–Crippen MR) is 41.7 cm³/mol. The summed E-state index contributed by atoms with van der Waals surface area (Å²) in [5.41, 5.74) is 0.609. The normalized spacial score (nSPS) is 12.8. The van der Waals surface area contributed by atoms with Gasteiger partial charge in [-0.2, -0.15) is 0 Å². The van der Waals surface area contributed by atoms with E-state index in [1.54, 1.807) is 0 Å². The van der Waals surface area contributed by atoms with E-state index in [0.29, 0.717) is 5.41 Å². The monoisotopic (exact) mass is 221 g/mol. The minimum absolute atomic E-state index is 0.609. The second-order valence-electron chi connectivity index (χ2n) is 3.94. The molecule has 0 aromatic rings. The molecule has 0 aromatic heterocycles. The molecule has 0 atom stereocenters. The van der Waals surface area contributed by atoms with E-state index in [1.807, 2.05) is 0 Å². The average Bonchev–Trinajstić information content (AvgIpc) is 1.21. The van der Waals surface area contributed by atoms with Gasteiger partial charge in [-0.3, -0.25) is 0 Å². The van der Waals surface area contributed by atoms with Gasteiger partial charge >= 0.3 is 60.3 Å². The Labute approximate surface area is 60.4 Å². The van der Waals surface area contributed by atoms with Gasteiger partial charge < -0.3 is 0 Å². The van der Waals surface area contributed by atoms with Crippen LogP contribution in [0.15, 0.2) is 0 Å². The van der Waals surface area contributed by atoms with Crippen molar-refractivity contribution in [3.05, 3.63) is 0 Å². The molecule has 49 valence electrons. The molecular weight excluding hydrogens is 203 g/mol. The molecule has 1 radical (unpaired) electrons. The first-order chi connectivity index (χ1) is 3.42. The third-order valence-corrected chi connectivity index (χ3v) is 5.93. The second-order valence-corrected chi connectivity index (χ2v) is 11.8. The van der Waals surface area contributed by atoms with Crippen LogP contribution in [-0.2, 0) is 0 Å². The summed E-state index contributed by atoms with van der Waals surface area (Å²) >= 11 is -0.769. The van der Waals surface area contributed by atoms with Gasteiger partial charge in [-0.1, -0.05) is 0 Å². The molecule has 0 aliphatic heterocycles. The maximum absolute atomic E-state index is 2.47. The fourth-order valence-electron chi connectivity index (χ4n) is 1.06. The first kappa shape index (κ1) is 8.80. The van der Waals surface area contributed by atoms with Crippen molar-refractivity contribution in [2.24, 2.45) is 5.41 Å². The summed E-state index contributed by atoms with van der Waals surface area (Å²) in [6.07, 6.45) is 0. The molecule has 0 fully saturated rings. The topological polar surface area (TPSA) is 0 Å². The van der Waals surface area contributed by atoms with E-state index in [2.05, 4.69) is 30.7 Å². The Morgan fingerprint density at radius 3 is 1.50 bits per heavy atom. The fraction of sp³-hybridized carbons (Fsp3) is 1.00. The summed E-state index contributed by atoms with van der Waals surface area (Å²) in [4.78, 5) is 4.93. The van der Waals surface area contributed by atoms with E-state index in [4.69, 9.17) is 0 Å². The molecule has 0 amide bonds. The van der Waals surface area contributed by atoms with E-state index >= 15 is 0 Å². The van der Waals surface area contributed by atoms with E-state index in [-0.39, 0.29) is 0 Å². The average molecular weight is 220 g/mol. The molecule has 0 saturated carbocycles. The maximum atomic E-state index is 2.47. The van der Waals surface area contributed by atoms with Crippen LogP contribution >= 0.6 is 0 Å². The van der Waals surface area contributed by atoms with Crippen molar-refractivity contribution in [1.82, 2.24) is 0 Å². The fourth-order valence-corrected chi connectivity index (χ4v) is 7.12. The summed E-state index contributed by atoms with van der Waals surface area (Å²) in [7, 11) is 0. The van der Waals surface area contributed by atoms with E-state index in [1.165, 1.54) is 4.44 Å². The number of rotatable bonds is 1. The summed E-state index contributed by atoms with van der Waals surface area (Å²) in [5, 5.41) is 0. The van der Waals surface area contributed by atoms with Gasteiger partial charge in [0.15, 0.2) is 0 Å². The molecule has 0 aliphatic carbocycles. The van der Waals surface area contributed by atoms with Crippen molar-refractivity contribution in [2.45, 2.75) is 35.1 Å². The SMILES string of the molecule is [CH3][Sn]([CH3])[CH2]C(C)(C)C. The van der Waals surface area contributed by atoms with E-state index < -0.39 is 19.8 Å². The predicted octanol–water partition coefficient (Wildman–Crippen LogP) is 2.79. The Kier molecular flexibility index (Phi) is 3.40. The molecule has 0 aromatic carbocycles. The van der Waals surface area contributed by atoms with E-state index in [9.17, 15) is 0 Å². The molecule has 0 bridgehead atoms. The molecule has 0 heterocycles. The molecule has 8 heavy (non-hydrogen) atoms. The first-order valence-electron chi connectivity index (χ1n) is 3.21. The van der Waals surface area contributed by atoms with Gasteiger partial charge in [0.05, 0.1) is 0 Å². The Bertz CT molecular complexity index is 59.3. The molecule has 0 rings (SSSR count). The molecule has 0 aliphatic rings. The molecular formula is C7H17Sn. The van der Waals surface area contributed by atoms with Crippen LogP contribution in [0.5, 0.6) is 0 Å². The van der Waals surface area contributed by atoms with Crippen LogP contribution in [0.25, 0.3) is 0 Å². The van der Waals surface area contributed by atoms with Crippen LogP contribution < -0.4 is 0 Å². The van der Waals surface area contributed by atoms with Crippen LogP contribution in [0.3, 0.4) is 0 Å². The first-order valence-corrected chi connectivity index (χ1v) is 10.9.